The van der Waals surface area contributed by atoms with Crippen molar-refractivity contribution in [2.45, 2.75) is 44.6 Å². The molecular weight excluding hydrogens is 386 g/mol. The number of ether oxygens (including phenoxy) is 5. The van der Waals surface area contributed by atoms with Crippen molar-refractivity contribution in [1.82, 2.24) is 0 Å². The second-order valence-electron chi connectivity index (χ2n) is 6.08. The molecule has 1 aliphatic rings. The van der Waals surface area contributed by atoms with Gasteiger partial charge in [0, 0.05) is 25.9 Å². The summed E-state index contributed by atoms with van der Waals surface area (Å²) in [6, 6.07) is 8.11. The monoisotopic (exact) mass is 407 g/mol. The molecule has 0 unspecified atom stereocenters. The first-order valence-electron chi connectivity index (χ1n) is 8.67. The Morgan fingerprint density at radius 3 is 2.21 bits per heavy atom. The molecule has 1 aliphatic heterocycles. The molecule has 0 saturated carbocycles. The largest absolute Gasteiger partial charge is 0.454 e. The van der Waals surface area contributed by atoms with E-state index in [1.807, 2.05) is 0 Å². The first kappa shape index (κ1) is 22.2. The fourth-order valence-electron chi connectivity index (χ4n) is 2.88. The quantitative estimate of drug-likeness (QED) is 0.218. The van der Waals surface area contributed by atoms with Crippen LogP contribution < -0.4 is 0 Å². The Hall–Kier alpha value is -3.14. The lowest BCUT2D eigenvalue weighted by atomic mass is 9.97. The third kappa shape index (κ3) is 5.92. The maximum Gasteiger partial charge on any atom is 0.338 e. The van der Waals surface area contributed by atoms with Crippen molar-refractivity contribution in [2.75, 3.05) is 13.7 Å². The number of rotatable bonds is 7. The predicted octanol–water partition coefficient (Wildman–Crippen LogP) is 1.76. The van der Waals surface area contributed by atoms with E-state index in [4.69, 9.17) is 29.2 Å². The molecule has 0 bridgehead atoms. The smallest absolute Gasteiger partial charge is 0.338 e. The van der Waals surface area contributed by atoms with Crippen LogP contribution in [0.15, 0.2) is 35.4 Å². The fraction of sp³-hybridized carbons (Fsp3) is 0.500. The average Bonchev–Trinajstić information content (AvgIpc) is 2.69. The summed E-state index contributed by atoms with van der Waals surface area (Å²) in [5, 5.41) is 3.45. The lowest BCUT2D eigenvalue weighted by Crippen LogP contribution is -2.62. The number of benzene rings is 1. The average molecular weight is 407 g/mol. The van der Waals surface area contributed by atoms with Gasteiger partial charge in [0.25, 0.3) is 0 Å². The molecule has 1 aromatic rings. The van der Waals surface area contributed by atoms with Crippen molar-refractivity contribution < 1.29 is 38.1 Å². The predicted molar refractivity (Wildman–Crippen MR) is 96.4 cm³/mol. The van der Waals surface area contributed by atoms with Gasteiger partial charge in [-0.15, -0.1) is 0 Å². The van der Waals surface area contributed by atoms with Gasteiger partial charge in [0.2, 0.25) is 0 Å². The number of azide groups is 1. The summed E-state index contributed by atoms with van der Waals surface area (Å²) in [6.07, 6.45) is -5.85. The molecule has 5 atom stereocenters. The summed E-state index contributed by atoms with van der Waals surface area (Å²) in [5.74, 6) is -2.11. The van der Waals surface area contributed by atoms with Gasteiger partial charge in [0.1, 0.15) is 6.10 Å². The van der Waals surface area contributed by atoms with E-state index < -0.39 is 48.6 Å². The highest BCUT2D eigenvalue weighted by Crippen LogP contribution is 2.30. The highest BCUT2D eigenvalue weighted by molar-refractivity contribution is 5.89. The van der Waals surface area contributed by atoms with Crippen molar-refractivity contribution in [3.05, 3.63) is 46.3 Å². The minimum Gasteiger partial charge on any atom is -0.454 e. The Labute approximate surface area is 166 Å². The molecule has 156 valence electrons. The van der Waals surface area contributed by atoms with Crippen molar-refractivity contribution in [2.24, 2.45) is 5.11 Å². The first-order valence-corrected chi connectivity index (χ1v) is 8.67. The van der Waals surface area contributed by atoms with Crippen molar-refractivity contribution in [1.29, 1.82) is 0 Å². The van der Waals surface area contributed by atoms with E-state index in [2.05, 4.69) is 10.0 Å². The fourth-order valence-corrected chi connectivity index (χ4v) is 2.88. The number of hydrogen-bond acceptors (Lipinski definition) is 9. The van der Waals surface area contributed by atoms with Crippen molar-refractivity contribution in [3.63, 3.8) is 0 Å². The van der Waals surface area contributed by atoms with Crippen LogP contribution in [0.4, 0.5) is 0 Å². The summed E-state index contributed by atoms with van der Waals surface area (Å²) in [4.78, 5) is 38.5. The van der Waals surface area contributed by atoms with Crippen LogP contribution >= 0.6 is 0 Å². The number of methoxy groups -OCH3 is 1. The molecule has 11 heteroatoms. The highest BCUT2D eigenvalue weighted by atomic mass is 16.7. The lowest BCUT2D eigenvalue weighted by molar-refractivity contribution is -0.293. The zero-order valence-corrected chi connectivity index (χ0v) is 16.1. The Bertz CT molecular complexity index is 781. The van der Waals surface area contributed by atoms with Gasteiger partial charge in [-0.05, 0) is 17.7 Å². The molecular formula is C18H21N3O8. The van der Waals surface area contributed by atoms with Gasteiger partial charge in [-0.3, -0.25) is 9.59 Å². The van der Waals surface area contributed by atoms with Gasteiger partial charge >= 0.3 is 17.9 Å². The molecule has 1 heterocycles. The number of hydrogen-bond donors (Lipinski definition) is 0. The van der Waals surface area contributed by atoms with Gasteiger partial charge < -0.3 is 23.7 Å². The number of carbonyl (C=O) groups excluding carboxylic acids is 3. The summed E-state index contributed by atoms with van der Waals surface area (Å²) >= 11 is 0. The minimum absolute atomic E-state index is 0.242. The summed E-state index contributed by atoms with van der Waals surface area (Å²) in [6.45, 7) is 2.07. The Morgan fingerprint density at radius 1 is 1.03 bits per heavy atom. The molecule has 11 nitrogen and oxygen atoms in total. The van der Waals surface area contributed by atoms with Crippen molar-refractivity contribution in [3.8, 4) is 0 Å². The lowest BCUT2D eigenvalue weighted by Gasteiger charge is -2.43. The van der Waals surface area contributed by atoms with E-state index in [1.54, 1.807) is 18.2 Å². The minimum atomic E-state index is -1.25. The molecule has 29 heavy (non-hydrogen) atoms. The van der Waals surface area contributed by atoms with Crippen LogP contribution in [0.2, 0.25) is 0 Å². The SMILES string of the molecule is CO[C@H]1O[C@@H](CN=[N+]=[N-])[C@H](OC(=O)c2ccccc2)[C@@H](OC(C)=O)[C@H]1OC(C)=O. The Morgan fingerprint density at radius 2 is 1.66 bits per heavy atom. The Balaban J connectivity index is 2.40. The molecule has 1 fully saturated rings. The molecule has 0 radical (unpaired) electrons. The van der Waals surface area contributed by atoms with Gasteiger partial charge in [0.15, 0.2) is 24.6 Å². The van der Waals surface area contributed by atoms with Crippen LogP contribution in [0, 0.1) is 0 Å². The van der Waals surface area contributed by atoms with Crippen LogP contribution in [0.5, 0.6) is 0 Å². The number of esters is 3. The van der Waals surface area contributed by atoms with E-state index in [0.717, 1.165) is 13.8 Å². The van der Waals surface area contributed by atoms with E-state index in [9.17, 15) is 14.4 Å². The van der Waals surface area contributed by atoms with Crippen LogP contribution in [-0.4, -0.2) is 62.3 Å². The molecule has 0 aliphatic carbocycles. The molecule has 0 N–H and O–H groups in total. The van der Waals surface area contributed by atoms with E-state index in [1.165, 1.54) is 19.2 Å². The molecule has 0 amide bonds. The Kier molecular flexibility index (Phi) is 7.96. The van der Waals surface area contributed by atoms with Gasteiger partial charge in [-0.2, -0.15) is 0 Å². The van der Waals surface area contributed by atoms with Gasteiger partial charge in [-0.1, -0.05) is 23.3 Å². The maximum atomic E-state index is 12.6. The summed E-state index contributed by atoms with van der Waals surface area (Å²) in [7, 11) is 1.30. The van der Waals surface area contributed by atoms with Crippen LogP contribution in [0.25, 0.3) is 10.4 Å². The molecule has 0 aromatic heterocycles. The van der Waals surface area contributed by atoms with Crippen LogP contribution in [0.1, 0.15) is 24.2 Å². The van der Waals surface area contributed by atoms with E-state index in [0.29, 0.717) is 0 Å². The zero-order valence-electron chi connectivity index (χ0n) is 16.1. The second kappa shape index (κ2) is 10.4. The molecule has 1 saturated heterocycles. The maximum absolute atomic E-state index is 12.6. The van der Waals surface area contributed by atoms with E-state index in [-0.39, 0.29) is 12.1 Å². The standard InChI is InChI=1S/C18H21N3O8/c1-10(22)26-15-14(29-17(24)12-7-5-4-6-8-12)13(9-20-21-19)28-18(25-3)16(15)27-11(2)23/h4-8,13-16,18H,9H2,1-3H3/t13-,14-,15+,16+,18-/m0/s1. The third-order valence-corrected chi connectivity index (χ3v) is 4.01. The summed E-state index contributed by atoms with van der Waals surface area (Å²) in [5.41, 5.74) is 8.90. The van der Waals surface area contributed by atoms with Gasteiger partial charge in [0.05, 0.1) is 12.1 Å². The third-order valence-electron chi connectivity index (χ3n) is 4.01. The normalized spacial score (nSPS) is 26.0. The first-order chi connectivity index (χ1) is 13.9. The molecule has 2 rings (SSSR count). The van der Waals surface area contributed by atoms with E-state index >= 15 is 0 Å². The number of nitrogens with zero attached hydrogens (tertiary/aromatic N) is 3. The van der Waals surface area contributed by atoms with Crippen LogP contribution in [-0.2, 0) is 33.3 Å². The highest BCUT2D eigenvalue weighted by Gasteiger charge is 2.52. The van der Waals surface area contributed by atoms with Gasteiger partial charge in [-0.25, -0.2) is 4.79 Å². The van der Waals surface area contributed by atoms with Crippen molar-refractivity contribution >= 4 is 17.9 Å². The zero-order chi connectivity index (χ0) is 21.4. The molecule has 0 spiro atoms. The summed E-state index contributed by atoms with van der Waals surface area (Å²) < 4.78 is 26.9. The van der Waals surface area contributed by atoms with Crippen LogP contribution in [0.3, 0.4) is 0 Å². The number of carbonyl (C=O) groups is 3. The molecule has 1 aromatic carbocycles. The second-order valence-corrected chi connectivity index (χ2v) is 6.08. The topological polar surface area (TPSA) is 146 Å².